The van der Waals surface area contributed by atoms with E-state index >= 15 is 0 Å². The number of halogens is 3. The minimum absolute atomic E-state index is 0. The van der Waals surface area contributed by atoms with Crippen molar-refractivity contribution in [3.05, 3.63) is 0 Å². The van der Waals surface area contributed by atoms with Gasteiger partial charge in [0.05, 0.1) is 0 Å². The van der Waals surface area contributed by atoms with Crippen LogP contribution >= 0.6 is 37.2 Å². The van der Waals surface area contributed by atoms with Gasteiger partial charge in [-0.05, 0) is 0 Å². The van der Waals surface area contributed by atoms with E-state index in [1.54, 1.807) is 5.21 Å². The van der Waals surface area contributed by atoms with E-state index in [4.69, 9.17) is 0 Å². The van der Waals surface area contributed by atoms with Crippen LogP contribution in [0.5, 0.6) is 0 Å². The Morgan fingerprint density at radius 3 is 2.00 bits per heavy atom. The predicted molar refractivity (Wildman–Crippen MR) is 103 cm³/mol. The van der Waals surface area contributed by atoms with Gasteiger partial charge in [0.25, 0.3) is 0 Å². The molecule has 0 bridgehead atoms. The smallest absolute Gasteiger partial charge is 0.147 e. The third-order valence-corrected chi connectivity index (χ3v) is 10.5. The van der Waals surface area contributed by atoms with Gasteiger partial charge in [0.2, 0.25) is 0 Å². The Morgan fingerprint density at radius 1 is 1.00 bits per heavy atom. The van der Waals surface area contributed by atoms with Gasteiger partial charge >= 0.3 is 118 Å². The standard InChI is InChI=1S/C15H31AsN2.3ClH/c1-3-16(4-2)13-15(14-7-5-6-8-14)18-11-9-17-10-12-18;;;/h14-15,17H,3-13H2,1-2H3;3*1H. The van der Waals surface area contributed by atoms with Gasteiger partial charge in [0.1, 0.15) is 0 Å². The molecule has 1 atom stereocenters. The van der Waals surface area contributed by atoms with E-state index < -0.39 is 14.7 Å². The molecule has 1 aliphatic carbocycles. The van der Waals surface area contributed by atoms with E-state index in [2.05, 4.69) is 24.1 Å². The summed E-state index contributed by atoms with van der Waals surface area (Å²) in [5.74, 6) is 1.04. The van der Waals surface area contributed by atoms with Gasteiger partial charge < -0.3 is 0 Å². The molecule has 2 nitrogen and oxygen atoms in total. The SMILES string of the molecule is CC[As](CC)CC(C1CCCC1)N1CCNCC1.Cl.Cl.Cl. The molecular weight excluding hydrogens is 389 g/mol. The molecule has 2 aliphatic rings. The van der Waals surface area contributed by atoms with Crippen molar-refractivity contribution in [2.75, 3.05) is 26.2 Å². The summed E-state index contributed by atoms with van der Waals surface area (Å²) in [6.07, 6.45) is 6.03. The molecule has 1 saturated heterocycles. The minimum Gasteiger partial charge on any atom is -0.147 e. The summed E-state index contributed by atoms with van der Waals surface area (Å²) in [6, 6.07) is 0.953. The zero-order valence-corrected chi connectivity index (χ0v) is 17.9. The van der Waals surface area contributed by atoms with Gasteiger partial charge in [0.15, 0.2) is 0 Å². The zero-order chi connectivity index (χ0) is 12.8. The summed E-state index contributed by atoms with van der Waals surface area (Å²) in [5.41, 5.74) is 0. The van der Waals surface area contributed by atoms with Crippen LogP contribution in [0.2, 0.25) is 15.6 Å². The maximum Gasteiger partial charge on any atom is -0.147 e. The average molecular weight is 424 g/mol. The quantitative estimate of drug-likeness (QED) is 0.643. The normalized spacial score (nSPS) is 21.3. The van der Waals surface area contributed by atoms with Gasteiger partial charge in [-0.25, -0.2) is 0 Å². The molecule has 1 N–H and O–H groups in total. The van der Waals surface area contributed by atoms with E-state index in [0.29, 0.717) is 0 Å². The Kier molecular flexibility index (Phi) is 16.1. The van der Waals surface area contributed by atoms with E-state index in [-0.39, 0.29) is 37.2 Å². The fourth-order valence-electron chi connectivity index (χ4n) is 3.66. The first-order chi connectivity index (χ1) is 8.85. The van der Waals surface area contributed by atoms with Crippen molar-refractivity contribution in [2.24, 2.45) is 5.92 Å². The maximum absolute atomic E-state index is 3.51. The molecule has 1 aliphatic heterocycles. The Labute approximate surface area is 155 Å². The Hall–Kier alpha value is 1.35. The van der Waals surface area contributed by atoms with Crippen LogP contribution in [0.3, 0.4) is 0 Å². The topological polar surface area (TPSA) is 15.3 Å². The van der Waals surface area contributed by atoms with Crippen molar-refractivity contribution in [2.45, 2.75) is 61.2 Å². The van der Waals surface area contributed by atoms with Crippen molar-refractivity contribution in [1.29, 1.82) is 0 Å². The summed E-state index contributed by atoms with van der Waals surface area (Å²) in [5, 5.41) is 8.14. The first kappa shape index (κ1) is 24.6. The molecule has 0 amide bonds. The van der Waals surface area contributed by atoms with E-state index in [0.717, 1.165) is 12.0 Å². The molecule has 130 valence electrons. The fourth-order valence-corrected chi connectivity index (χ4v) is 7.91. The molecule has 1 unspecified atom stereocenters. The number of nitrogens with zero attached hydrogens (tertiary/aromatic N) is 1. The van der Waals surface area contributed by atoms with Gasteiger partial charge in [-0.1, -0.05) is 0 Å². The summed E-state index contributed by atoms with van der Waals surface area (Å²) < 4.78 is 0. The largest absolute Gasteiger partial charge is 0.147 e. The van der Waals surface area contributed by atoms with E-state index in [9.17, 15) is 0 Å². The van der Waals surface area contributed by atoms with Crippen molar-refractivity contribution in [3.8, 4) is 0 Å². The summed E-state index contributed by atoms with van der Waals surface area (Å²) >= 11 is -0.509. The Bertz CT molecular complexity index is 231. The molecule has 0 aromatic carbocycles. The minimum atomic E-state index is -0.509. The van der Waals surface area contributed by atoms with Crippen LogP contribution in [0, 0.1) is 5.92 Å². The van der Waals surface area contributed by atoms with Gasteiger partial charge in [-0.2, -0.15) is 0 Å². The van der Waals surface area contributed by atoms with E-state index in [1.165, 1.54) is 62.3 Å². The molecular formula is C15H34AsCl3N2. The summed E-state index contributed by atoms with van der Waals surface area (Å²) in [6.45, 7) is 9.91. The maximum atomic E-state index is 3.51. The summed E-state index contributed by atoms with van der Waals surface area (Å²) in [4.78, 5) is 2.85. The average Bonchev–Trinajstić information content (AvgIpc) is 2.95. The number of rotatable bonds is 6. The first-order valence-corrected chi connectivity index (χ1v) is 12.0. The Balaban J connectivity index is 0. The third-order valence-electron chi connectivity index (χ3n) is 4.90. The summed E-state index contributed by atoms with van der Waals surface area (Å²) in [7, 11) is 0. The first-order valence-electron chi connectivity index (χ1n) is 8.02. The van der Waals surface area contributed by atoms with Crippen LogP contribution in [-0.4, -0.2) is 51.8 Å². The van der Waals surface area contributed by atoms with Crippen LogP contribution in [0.25, 0.3) is 0 Å². The number of nitrogens with one attached hydrogen (secondary N) is 1. The van der Waals surface area contributed by atoms with Crippen molar-refractivity contribution in [1.82, 2.24) is 10.2 Å². The van der Waals surface area contributed by atoms with Crippen LogP contribution < -0.4 is 5.32 Å². The monoisotopic (exact) mass is 422 g/mol. The second-order valence-electron chi connectivity index (χ2n) is 5.88. The van der Waals surface area contributed by atoms with Crippen LogP contribution in [0.15, 0.2) is 0 Å². The van der Waals surface area contributed by atoms with Crippen molar-refractivity contribution < 1.29 is 0 Å². The molecule has 21 heavy (non-hydrogen) atoms. The third kappa shape index (κ3) is 7.64. The molecule has 0 aromatic heterocycles. The second kappa shape index (κ2) is 13.8. The van der Waals surface area contributed by atoms with E-state index in [1.807, 2.05) is 0 Å². The van der Waals surface area contributed by atoms with Crippen molar-refractivity contribution in [3.63, 3.8) is 0 Å². The Morgan fingerprint density at radius 2 is 1.52 bits per heavy atom. The van der Waals surface area contributed by atoms with Crippen molar-refractivity contribution >= 4 is 51.9 Å². The molecule has 0 radical (unpaired) electrons. The number of hydrogen-bond acceptors (Lipinski definition) is 2. The molecule has 0 aromatic rings. The predicted octanol–water partition coefficient (Wildman–Crippen LogP) is 4.25. The van der Waals surface area contributed by atoms with Crippen LogP contribution in [0.4, 0.5) is 0 Å². The molecule has 2 rings (SSSR count). The number of hydrogen-bond donors (Lipinski definition) is 1. The van der Waals surface area contributed by atoms with Gasteiger partial charge in [-0.3, -0.25) is 0 Å². The molecule has 0 spiro atoms. The fraction of sp³-hybridized carbons (Fsp3) is 1.00. The molecule has 2 fully saturated rings. The molecule has 6 heteroatoms. The zero-order valence-electron chi connectivity index (χ0n) is 13.6. The van der Waals surface area contributed by atoms with Gasteiger partial charge in [-0.15, -0.1) is 37.2 Å². The molecule has 1 heterocycles. The molecule has 1 saturated carbocycles. The second-order valence-corrected chi connectivity index (χ2v) is 12.1. The van der Waals surface area contributed by atoms with Crippen LogP contribution in [-0.2, 0) is 0 Å². The van der Waals surface area contributed by atoms with Crippen LogP contribution in [0.1, 0.15) is 39.5 Å². The van der Waals surface area contributed by atoms with Gasteiger partial charge in [0, 0.05) is 0 Å². The number of piperazine rings is 1.